The summed E-state index contributed by atoms with van der Waals surface area (Å²) in [4.78, 5) is 40.0. The molecule has 0 bridgehead atoms. The summed E-state index contributed by atoms with van der Waals surface area (Å²) in [5.74, 6) is 1.42. The first kappa shape index (κ1) is 43.3. The van der Waals surface area contributed by atoms with Crippen molar-refractivity contribution in [3.63, 3.8) is 0 Å². The summed E-state index contributed by atoms with van der Waals surface area (Å²) in [5, 5.41) is 4.63. The van der Waals surface area contributed by atoms with E-state index in [4.69, 9.17) is 32.8 Å². The lowest BCUT2D eigenvalue weighted by Crippen LogP contribution is -2.29. The number of fused-ring (bicyclic) bond motifs is 3. The summed E-state index contributed by atoms with van der Waals surface area (Å²) in [6.45, 7) is 3.62. The average Bonchev–Trinajstić information content (AvgIpc) is 3.27. The second-order valence-corrected chi connectivity index (χ2v) is 14.4. The molecule has 0 spiro atoms. The minimum absolute atomic E-state index is 0.308. The van der Waals surface area contributed by atoms with E-state index in [1.165, 1.54) is 12.1 Å². The summed E-state index contributed by atoms with van der Waals surface area (Å²) >= 11 is 0. The number of hydrogen-bond donors (Lipinski definition) is 0. The Balaban J connectivity index is 0.950. The molecule has 0 N–H and O–H groups in total. The van der Waals surface area contributed by atoms with E-state index in [-0.39, 0.29) is 5.97 Å². The van der Waals surface area contributed by atoms with Gasteiger partial charge in [-0.1, -0.05) is 67.8 Å². The molecule has 0 atom stereocenters. The van der Waals surface area contributed by atoms with Gasteiger partial charge in [0.2, 0.25) is 5.75 Å². The van der Waals surface area contributed by atoms with Crippen molar-refractivity contribution in [3.05, 3.63) is 125 Å². The number of nitrogens with zero attached hydrogens (tertiary/aromatic N) is 1. The molecule has 0 aliphatic carbocycles. The standard InChI is InChI=1S/C49H53NO10/c1-54-43-31-35(32-44(55-2)48(43)56-3)19-23-45(51)58-28-12-6-4-5-11-25-50(26-13-29-57-39-22-20-36-21-24-46(52)60-42(36)34-39)27-14-30-59-49(53)47-40-17-9-7-15-37(40)33-38-16-8-10-18-41(38)47/h7-10,15-24,31-34H,4-6,11-14,25-30H2,1-3H3/b23-19+. The van der Waals surface area contributed by atoms with Gasteiger partial charge in [0.15, 0.2) is 11.5 Å². The molecule has 1 aromatic heterocycles. The van der Waals surface area contributed by atoms with Gasteiger partial charge in [0.25, 0.3) is 0 Å². The Morgan fingerprint density at radius 1 is 0.617 bits per heavy atom. The van der Waals surface area contributed by atoms with E-state index < -0.39 is 11.6 Å². The molecule has 5 aromatic carbocycles. The predicted octanol–water partition coefficient (Wildman–Crippen LogP) is 9.65. The lowest BCUT2D eigenvalue weighted by molar-refractivity contribution is -0.137. The van der Waals surface area contributed by atoms with E-state index in [0.717, 1.165) is 90.7 Å². The summed E-state index contributed by atoms with van der Waals surface area (Å²) in [5.41, 5.74) is 1.43. The number of hydrogen-bond acceptors (Lipinski definition) is 11. The number of unbranched alkanes of at least 4 members (excludes halogenated alkanes) is 4. The van der Waals surface area contributed by atoms with Crippen LogP contribution in [0.4, 0.5) is 0 Å². The minimum Gasteiger partial charge on any atom is -0.493 e. The fourth-order valence-electron chi connectivity index (χ4n) is 7.25. The van der Waals surface area contributed by atoms with Gasteiger partial charge >= 0.3 is 17.6 Å². The number of rotatable bonds is 23. The quantitative estimate of drug-likeness (QED) is 0.0202. The number of carbonyl (C=O) groups excluding carboxylic acids is 2. The fraction of sp³-hybridized carbons (Fsp3) is 0.327. The van der Waals surface area contributed by atoms with Gasteiger partial charge in [-0.2, -0.15) is 0 Å². The zero-order valence-electron chi connectivity index (χ0n) is 34.6. The largest absolute Gasteiger partial charge is 0.493 e. The third-order valence-corrected chi connectivity index (χ3v) is 10.3. The predicted molar refractivity (Wildman–Crippen MR) is 235 cm³/mol. The van der Waals surface area contributed by atoms with Gasteiger partial charge < -0.3 is 37.7 Å². The van der Waals surface area contributed by atoms with Crippen LogP contribution in [0.2, 0.25) is 0 Å². The van der Waals surface area contributed by atoms with Crippen LogP contribution in [0.3, 0.4) is 0 Å². The van der Waals surface area contributed by atoms with Crippen molar-refractivity contribution >= 4 is 50.5 Å². The summed E-state index contributed by atoms with van der Waals surface area (Å²) in [7, 11) is 4.63. The van der Waals surface area contributed by atoms with E-state index in [9.17, 15) is 14.4 Å². The van der Waals surface area contributed by atoms with E-state index in [2.05, 4.69) is 11.0 Å². The summed E-state index contributed by atoms with van der Waals surface area (Å²) in [6, 6.07) is 30.1. The van der Waals surface area contributed by atoms with Crippen molar-refractivity contribution in [2.75, 3.05) is 60.8 Å². The Hall–Kier alpha value is -6.33. The van der Waals surface area contributed by atoms with Crippen LogP contribution in [0, 0.1) is 0 Å². The van der Waals surface area contributed by atoms with Crippen LogP contribution in [-0.4, -0.2) is 77.6 Å². The third kappa shape index (κ3) is 11.9. The molecule has 1 heterocycles. The first-order valence-corrected chi connectivity index (χ1v) is 20.5. The molecule has 11 nitrogen and oxygen atoms in total. The number of carbonyl (C=O) groups is 2. The summed E-state index contributed by atoms with van der Waals surface area (Å²) < 4.78 is 38.8. The van der Waals surface area contributed by atoms with Crippen LogP contribution >= 0.6 is 0 Å². The van der Waals surface area contributed by atoms with E-state index >= 15 is 0 Å². The van der Waals surface area contributed by atoms with Gasteiger partial charge in [-0.3, -0.25) is 0 Å². The molecule has 0 saturated carbocycles. The number of methoxy groups -OCH3 is 3. The van der Waals surface area contributed by atoms with Crippen molar-refractivity contribution in [1.29, 1.82) is 0 Å². The minimum atomic E-state index is -0.410. The second kappa shape index (κ2) is 22.2. The van der Waals surface area contributed by atoms with Crippen LogP contribution in [0.25, 0.3) is 38.6 Å². The maximum Gasteiger partial charge on any atom is 0.339 e. The average molecular weight is 816 g/mol. The molecule has 0 unspecified atom stereocenters. The monoisotopic (exact) mass is 815 g/mol. The Morgan fingerprint density at radius 3 is 1.93 bits per heavy atom. The fourth-order valence-corrected chi connectivity index (χ4v) is 7.25. The van der Waals surface area contributed by atoms with Gasteiger partial charge in [0.1, 0.15) is 11.3 Å². The highest BCUT2D eigenvalue weighted by molar-refractivity contribution is 6.16. The van der Waals surface area contributed by atoms with Crippen LogP contribution in [-0.2, 0) is 14.3 Å². The molecular formula is C49H53NO10. The third-order valence-electron chi connectivity index (χ3n) is 10.3. The molecule has 0 radical (unpaired) electrons. The van der Waals surface area contributed by atoms with E-state index in [0.29, 0.717) is 60.4 Å². The van der Waals surface area contributed by atoms with Gasteiger partial charge in [0.05, 0.1) is 46.7 Å². The summed E-state index contributed by atoms with van der Waals surface area (Å²) in [6.07, 6.45) is 9.32. The van der Waals surface area contributed by atoms with Gasteiger partial charge in [-0.25, -0.2) is 14.4 Å². The molecule has 0 amide bonds. The van der Waals surface area contributed by atoms with E-state index in [1.807, 2.05) is 60.7 Å². The number of esters is 2. The lowest BCUT2D eigenvalue weighted by atomic mass is 9.97. The highest BCUT2D eigenvalue weighted by atomic mass is 16.5. The molecule has 60 heavy (non-hydrogen) atoms. The smallest absolute Gasteiger partial charge is 0.339 e. The zero-order valence-corrected chi connectivity index (χ0v) is 34.6. The molecule has 0 aliphatic rings. The Kier molecular flexibility index (Phi) is 16.0. The normalized spacial score (nSPS) is 11.4. The zero-order chi connectivity index (χ0) is 42.1. The first-order valence-electron chi connectivity index (χ1n) is 20.5. The van der Waals surface area contributed by atoms with E-state index in [1.54, 1.807) is 51.7 Å². The van der Waals surface area contributed by atoms with Crippen molar-refractivity contribution < 1.29 is 42.4 Å². The second-order valence-electron chi connectivity index (χ2n) is 14.4. The van der Waals surface area contributed by atoms with Crippen molar-refractivity contribution in [2.45, 2.75) is 44.9 Å². The topological polar surface area (TPSA) is 123 Å². The highest BCUT2D eigenvalue weighted by Gasteiger charge is 2.17. The molecule has 0 aliphatic heterocycles. The number of ether oxygens (including phenoxy) is 6. The van der Waals surface area contributed by atoms with Crippen LogP contribution in [0.15, 0.2) is 112 Å². The first-order chi connectivity index (χ1) is 29.4. The lowest BCUT2D eigenvalue weighted by Gasteiger charge is -2.22. The van der Waals surface area contributed by atoms with Crippen LogP contribution < -0.4 is 24.6 Å². The Morgan fingerprint density at radius 2 is 1.23 bits per heavy atom. The van der Waals surface area contributed by atoms with Gasteiger partial charge in [0, 0.05) is 36.7 Å². The van der Waals surface area contributed by atoms with Crippen molar-refractivity contribution in [3.8, 4) is 23.0 Å². The molecule has 314 valence electrons. The van der Waals surface area contributed by atoms with Gasteiger partial charge in [-0.05, 0) is 102 Å². The van der Waals surface area contributed by atoms with Gasteiger partial charge in [-0.15, -0.1) is 0 Å². The maximum atomic E-state index is 13.6. The van der Waals surface area contributed by atoms with Crippen LogP contribution in [0.5, 0.6) is 23.0 Å². The highest BCUT2D eigenvalue weighted by Crippen LogP contribution is 2.38. The van der Waals surface area contributed by atoms with Crippen molar-refractivity contribution in [1.82, 2.24) is 4.90 Å². The molecule has 6 aromatic rings. The molecular weight excluding hydrogens is 763 g/mol. The Bertz CT molecular complexity index is 2380. The SMILES string of the molecule is COc1cc(/C=C/C(=O)OCCCCCCCN(CCCOC(=O)c2c3ccccc3cc3ccccc23)CCCOc2ccc3ccc(=O)oc3c2)cc(OC)c1OC. The molecule has 0 fully saturated rings. The maximum absolute atomic E-state index is 13.6. The molecule has 11 heteroatoms. The van der Waals surface area contributed by atoms with Crippen molar-refractivity contribution in [2.24, 2.45) is 0 Å². The Labute approximate surface area is 350 Å². The number of benzene rings is 5. The molecule has 0 saturated heterocycles. The molecule has 6 rings (SSSR count). The van der Waals surface area contributed by atoms with Crippen LogP contribution in [0.1, 0.15) is 60.9 Å².